The third-order valence-electron chi connectivity index (χ3n) is 1.42. The quantitative estimate of drug-likeness (QED) is 0.416. The second-order valence-corrected chi connectivity index (χ2v) is 2.51. The van der Waals surface area contributed by atoms with Gasteiger partial charge in [-0.3, -0.25) is 4.79 Å². The summed E-state index contributed by atoms with van der Waals surface area (Å²) in [6.45, 7) is 3.86. The van der Waals surface area contributed by atoms with Crippen LogP contribution in [0.5, 0.6) is 0 Å². The van der Waals surface area contributed by atoms with Crippen molar-refractivity contribution >= 4 is 5.78 Å². The molecule has 64 valence electrons. The highest BCUT2D eigenvalue weighted by Crippen LogP contribution is 2.00. The van der Waals surface area contributed by atoms with Gasteiger partial charge in [0.25, 0.3) is 0 Å². The van der Waals surface area contributed by atoms with E-state index in [1.165, 1.54) is 0 Å². The van der Waals surface area contributed by atoms with Gasteiger partial charge in [0.15, 0.2) is 5.78 Å². The molecule has 0 heterocycles. The molecule has 0 aromatic rings. The maximum atomic E-state index is 10.9. The standard InChI is InChI=1S/C9H16O2/c1-3-4-5-6-7-9(10)8-11-2/h3H,1,4-8H2,2H3. The highest BCUT2D eigenvalue weighted by molar-refractivity contribution is 5.79. The van der Waals surface area contributed by atoms with E-state index >= 15 is 0 Å². The number of hydrogen-bond donors (Lipinski definition) is 0. The van der Waals surface area contributed by atoms with Crippen LogP contribution in [0.25, 0.3) is 0 Å². The van der Waals surface area contributed by atoms with Gasteiger partial charge < -0.3 is 4.74 Å². The van der Waals surface area contributed by atoms with Gasteiger partial charge in [0.2, 0.25) is 0 Å². The molecule has 2 heteroatoms. The summed E-state index contributed by atoms with van der Waals surface area (Å²) in [6, 6.07) is 0. The molecule has 11 heavy (non-hydrogen) atoms. The molecule has 0 aromatic carbocycles. The summed E-state index contributed by atoms with van der Waals surface area (Å²) in [5.74, 6) is 0.191. The van der Waals surface area contributed by atoms with Gasteiger partial charge >= 0.3 is 0 Å². The molecule has 0 aliphatic heterocycles. The second kappa shape index (κ2) is 7.48. The summed E-state index contributed by atoms with van der Waals surface area (Å²) in [5.41, 5.74) is 0. The highest BCUT2D eigenvalue weighted by atomic mass is 16.5. The molecule has 0 N–H and O–H groups in total. The van der Waals surface area contributed by atoms with Gasteiger partial charge in [0, 0.05) is 13.5 Å². The summed E-state index contributed by atoms with van der Waals surface area (Å²) in [7, 11) is 1.54. The van der Waals surface area contributed by atoms with Crippen LogP contribution in [0.1, 0.15) is 25.7 Å². The van der Waals surface area contributed by atoms with Gasteiger partial charge in [-0.2, -0.15) is 0 Å². The Balaban J connectivity index is 3.10. The molecule has 0 unspecified atom stereocenters. The molecule has 0 fully saturated rings. The molecular formula is C9H16O2. The predicted molar refractivity (Wildman–Crippen MR) is 45.5 cm³/mol. The Bertz CT molecular complexity index is 119. The topological polar surface area (TPSA) is 26.3 Å². The number of carbonyl (C=O) groups is 1. The van der Waals surface area contributed by atoms with Gasteiger partial charge in [-0.25, -0.2) is 0 Å². The fourth-order valence-electron chi connectivity index (χ4n) is 0.844. The molecule has 0 amide bonds. The third kappa shape index (κ3) is 7.26. The minimum Gasteiger partial charge on any atom is -0.377 e. The first-order valence-electron chi connectivity index (χ1n) is 3.92. The number of allylic oxidation sites excluding steroid dienone is 1. The number of carbonyl (C=O) groups excluding carboxylic acids is 1. The van der Waals surface area contributed by atoms with E-state index in [2.05, 4.69) is 6.58 Å². The number of unbranched alkanes of at least 4 members (excludes halogenated alkanes) is 2. The van der Waals surface area contributed by atoms with Crippen LogP contribution < -0.4 is 0 Å². The van der Waals surface area contributed by atoms with Gasteiger partial charge in [-0.1, -0.05) is 6.08 Å². The van der Waals surface area contributed by atoms with Gasteiger partial charge in [0.05, 0.1) is 0 Å². The predicted octanol–water partition coefficient (Wildman–Crippen LogP) is 1.95. The monoisotopic (exact) mass is 156 g/mol. The lowest BCUT2D eigenvalue weighted by Crippen LogP contribution is -2.05. The van der Waals surface area contributed by atoms with Crippen molar-refractivity contribution in [2.75, 3.05) is 13.7 Å². The molecule has 0 aliphatic rings. The molecule has 0 spiro atoms. The first-order valence-corrected chi connectivity index (χ1v) is 3.92. The van der Waals surface area contributed by atoms with Crippen LogP contribution in [-0.2, 0) is 9.53 Å². The van der Waals surface area contributed by atoms with Crippen molar-refractivity contribution < 1.29 is 9.53 Å². The molecule has 0 rings (SSSR count). The Morgan fingerprint density at radius 3 is 2.82 bits per heavy atom. The van der Waals surface area contributed by atoms with Crippen molar-refractivity contribution in [1.82, 2.24) is 0 Å². The number of methoxy groups -OCH3 is 1. The Kier molecular flexibility index (Phi) is 7.05. The number of rotatable bonds is 7. The van der Waals surface area contributed by atoms with Crippen LogP contribution in [0.3, 0.4) is 0 Å². The largest absolute Gasteiger partial charge is 0.377 e. The molecule has 2 nitrogen and oxygen atoms in total. The molecule has 0 atom stereocenters. The maximum absolute atomic E-state index is 10.9. The summed E-state index contributed by atoms with van der Waals surface area (Å²) < 4.78 is 4.69. The molecule has 0 saturated heterocycles. The normalized spacial score (nSPS) is 9.55. The van der Waals surface area contributed by atoms with Crippen LogP contribution in [-0.4, -0.2) is 19.5 Å². The Labute approximate surface area is 68.2 Å². The van der Waals surface area contributed by atoms with Gasteiger partial charge in [0.1, 0.15) is 6.61 Å². The lowest BCUT2D eigenvalue weighted by atomic mass is 10.1. The maximum Gasteiger partial charge on any atom is 0.158 e. The SMILES string of the molecule is C=CCCCCC(=O)COC. The first-order chi connectivity index (χ1) is 5.31. The van der Waals surface area contributed by atoms with Crippen LogP contribution in [0.2, 0.25) is 0 Å². The summed E-state index contributed by atoms with van der Waals surface area (Å²) in [5, 5.41) is 0. The molecular weight excluding hydrogens is 140 g/mol. The number of ether oxygens (including phenoxy) is 1. The third-order valence-corrected chi connectivity index (χ3v) is 1.42. The van der Waals surface area contributed by atoms with Crippen molar-refractivity contribution in [3.8, 4) is 0 Å². The number of ketones is 1. The van der Waals surface area contributed by atoms with Crippen molar-refractivity contribution in [3.63, 3.8) is 0 Å². The Hall–Kier alpha value is -0.630. The molecule has 0 bridgehead atoms. The van der Waals surface area contributed by atoms with Crippen molar-refractivity contribution in [2.45, 2.75) is 25.7 Å². The second-order valence-electron chi connectivity index (χ2n) is 2.51. The fraction of sp³-hybridized carbons (Fsp3) is 0.667. The minimum absolute atomic E-state index is 0.191. The zero-order valence-electron chi connectivity index (χ0n) is 7.14. The van der Waals surface area contributed by atoms with E-state index in [9.17, 15) is 4.79 Å². The number of hydrogen-bond acceptors (Lipinski definition) is 2. The van der Waals surface area contributed by atoms with E-state index in [4.69, 9.17) is 4.74 Å². The summed E-state index contributed by atoms with van der Waals surface area (Å²) >= 11 is 0. The van der Waals surface area contributed by atoms with Gasteiger partial charge in [-0.15, -0.1) is 6.58 Å². The summed E-state index contributed by atoms with van der Waals surface area (Å²) in [6.07, 6.45) is 5.52. The van der Waals surface area contributed by atoms with Crippen molar-refractivity contribution in [1.29, 1.82) is 0 Å². The van der Waals surface area contributed by atoms with Crippen LogP contribution in [0, 0.1) is 0 Å². The molecule has 0 radical (unpaired) electrons. The lowest BCUT2D eigenvalue weighted by molar-refractivity contribution is -0.122. The molecule has 0 saturated carbocycles. The lowest BCUT2D eigenvalue weighted by Gasteiger charge is -1.97. The smallest absolute Gasteiger partial charge is 0.158 e. The van der Waals surface area contributed by atoms with E-state index < -0.39 is 0 Å². The van der Waals surface area contributed by atoms with E-state index in [0.717, 1.165) is 19.3 Å². The zero-order chi connectivity index (χ0) is 8.53. The molecule has 0 aromatic heterocycles. The van der Waals surface area contributed by atoms with E-state index in [1.54, 1.807) is 7.11 Å². The average molecular weight is 156 g/mol. The highest BCUT2D eigenvalue weighted by Gasteiger charge is 1.98. The fourth-order valence-corrected chi connectivity index (χ4v) is 0.844. The Morgan fingerprint density at radius 1 is 1.55 bits per heavy atom. The average Bonchev–Trinajstić information content (AvgIpc) is 1.99. The first kappa shape index (κ1) is 10.4. The molecule has 0 aliphatic carbocycles. The van der Waals surface area contributed by atoms with Gasteiger partial charge in [-0.05, 0) is 19.3 Å². The van der Waals surface area contributed by atoms with E-state index in [0.29, 0.717) is 6.42 Å². The summed E-state index contributed by atoms with van der Waals surface area (Å²) in [4.78, 5) is 10.9. The van der Waals surface area contributed by atoms with Crippen LogP contribution >= 0.6 is 0 Å². The zero-order valence-corrected chi connectivity index (χ0v) is 7.14. The van der Waals surface area contributed by atoms with E-state index in [-0.39, 0.29) is 12.4 Å². The Morgan fingerprint density at radius 2 is 2.27 bits per heavy atom. The number of Topliss-reactive ketones (excluding diaryl/α,β-unsaturated/α-hetero) is 1. The minimum atomic E-state index is 0.191. The van der Waals surface area contributed by atoms with Crippen molar-refractivity contribution in [2.24, 2.45) is 0 Å². The van der Waals surface area contributed by atoms with Crippen molar-refractivity contribution in [3.05, 3.63) is 12.7 Å². The van der Waals surface area contributed by atoms with Crippen LogP contribution in [0.4, 0.5) is 0 Å². The van der Waals surface area contributed by atoms with E-state index in [1.807, 2.05) is 6.08 Å². The van der Waals surface area contributed by atoms with Crippen LogP contribution in [0.15, 0.2) is 12.7 Å².